The number of carbonyl (C=O) groups excluding carboxylic acids is 1. The molecule has 0 saturated heterocycles. The molecule has 1 N–H and O–H groups in total. The molecule has 0 aliphatic carbocycles. The van der Waals surface area contributed by atoms with E-state index >= 15 is 0 Å². The van der Waals surface area contributed by atoms with Gasteiger partial charge in [0.2, 0.25) is 0 Å². The molecule has 8 heteroatoms. The lowest BCUT2D eigenvalue weighted by Gasteiger charge is -2.12. The molecule has 1 amide bonds. The number of methoxy groups -OCH3 is 2. The second-order valence-electron chi connectivity index (χ2n) is 6.70. The number of aryl methyl sites for hydroxylation is 1. The van der Waals surface area contributed by atoms with Crippen LogP contribution in [0.1, 0.15) is 27.3 Å². The van der Waals surface area contributed by atoms with E-state index in [0.29, 0.717) is 31.1 Å². The average molecular weight is 427 g/mol. The van der Waals surface area contributed by atoms with Crippen molar-refractivity contribution in [2.75, 3.05) is 27.4 Å². The minimum atomic E-state index is -0.108. The van der Waals surface area contributed by atoms with Crippen LogP contribution in [0.3, 0.4) is 0 Å². The fraction of sp³-hybridized carbons (Fsp3) is 0.318. The Kier molecular flexibility index (Phi) is 8.01. The number of amides is 1. The van der Waals surface area contributed by atoms with Crippen molar-refractivity contribution in [2.24, 2.45) is 0 Å². The van der Waals surface area contributed by atoms with Crippen molar-refractivity contribution in [1.29, 1.82) is 0 Å². The third-order valence-corrected chi connectivity index (χ3v) is 5.42. The second-order valence-corrected chi connectivity index (χ2v) is 7.64. The molecule has 3 rings (SSSR count). The minimum absolute atomic E-state index is 0.108. The molecule has 0 aliphatic rings. The molecule has 158 valence electrons. The summed E-state index contributed by atoms with van der Waals surface area (Å²) >= 11 is 1.54. The van der Waals surface area contributed by atoms with Crippen molar-refractivity contribution in [1.82, 2.24) is 20.1 Å². The summed E-state index contributed by atoms with van der Waals surface area (Å²) < 4.78 is 12.3. The van der Waals surface area contributed by atoms with Gasteiger partial charge in [0.1, 0.15) is 6.61 Å². The first kappa shape index (κ1) is 22.0. The van der Waals surface area contributed by atoms with Gasteiger partial charge in [-0.25, -0.2) is 0 Å². The molecular formula is C22H26N4O3S. The number of thioether (sulfide) groups is 1. The van der Waals surface area contributed by atoms with Gasteiger partial charge in [-0.05, 0) is 36.2 Å². The van der Waals surface area contributed by atoms with E-state index < -0.39 is 0 Å². The van der Waals surface area contributed by atoms with Crippen LogP contribution in [0.15, 0.2) is 53.7 Å². The third-order valence-electron chi connectivity index (χ3n) is 4.44. The van der Waals surface area contributed by atoms with Gasteiger partial charge >= 0.3 is 0 Å². The number of aromatic nitrogens is 3. The zero-order valence-corrected chi connectivity index (χ0v) is 18.2. The molecule has 0 spiro atoms. The molecule has 0 fully saturated rings. The van der Waals surface area contributed by atoms with Crippen LogP contribution in [-0.2, 0) is 21.8 Å². The van der Waals surface area contributed by atoms with E-state index in [1.54, 1.807) is 14.2 Å². The fourth-order valence-electron chi connectivity index (χ4n) is 3.01. The SMILES string of the molecule is COCCNC(=O)c1ccccc1CSc1nnc(COC)n1-c1cccc(C)c1. The van der Waals surface area contributed by atoms with Gasteiger partial charge in [-0.2, -0.15) is 0 Å². The Bertz CT molecular complexity index is 990. The quantitative estimate of drug-likeness (QED) is 0.396. The molecule has 0 saturated carbocycles. The van der Waals surface area contributed by atoms with Crippen LogP contribution in [0, 0.1) is 6.92 Å². The number of rotatable bonds is 10. The first-order chi connectivity index (χ1) is 14.6. The van der Waals surface area contributed by atoms with Crippen LogP contribution in [-0.4, -0.2) is 48.0 Å². The third kappa shape index (κ3) is 5.47. The summed E-state index contributed by atoms with van der Waals surface area (Å²) in [5.41, 5.74) is 3.73. The molecule has 7 nitrogen and oxygen atoms in total. The molecular weight excluding hydrogens is 400 g/mol. The fourth-order valence-corrected chi connectivity index (χ4v) is 3.99. The van der Waals surface area contributed by atoms with Crippen LogP contribution >= 0.6 is 11.8 Å². The Morgan fingerprint density at radius 1 is 1.10 bits per heavy atom. The van der Waals surface area contributed by atoms with E-state index in [1.807, 2.05) is 41.0 Å². The van der Waals surface area contributed by atoms with E-state index in [4.69, 9.17) is 9.47 Å². The molecule has 0 bridgehead atoms. The molecule has 2 aromatic carbocycles. The van der Waals surface area contributed by atoms with E-state index in [0.717, 1.165) is 27.8 Å². The predicted molar refractivity (Wildman–Crippen MR) is 117 cm³/mol. The maximum absolute atomic E-state index is 12.5. The highest BCUT2D eigenvalue weighted by molar-refractivity contribution is 7.98. The van der Waals surface area contributed by atoms with Crippen LogP contribution in [0.5, 0.6) is 0 Å². The molecule has 0 aliphatic heterocycles. The topological polar surface area (TPSA) is 78.3 Å². The molecule has 1 aromatic heterocycles. The van der Waals surface area contributed by atoms with Crippen molar-refractivity contribution >= 4 is 17.7 Å². The monoisotopic (exact) mass is 426 g/mol. The zero-order chi connectivity index (χ0) is 21.3. The van der Waals surface area contributed by atoms with Gasteiger partial charge in [-0.1, -0.05) is 42.1 Å². The standard InChI is InChI=1S/C22H26N4O3S/c1-16-7-6-9-18(13-16)26-20(14-29-3)24-25-22(26)30-15-17-8-4-5-10-19(17)21(27)23-11-12-28-2/h4-10,13H,11-12,14-15H2,1-3H3,(H,23,27). The number of benzene rings is 2. The van der Waals surface area contributed by atoms with Gasteiger partial charge < -0.3 is 14.8 Å². The summed E-state index contributed by atoms with van der Waals surface area (Å²) in [4.78, 5) is 12.5. The van der Waals surface area contributed by atoms with Gasteiger partial charge in [0.25, 0.3) is 5.91 Å². The van der Waals surface area contributed by atoms with Crippen molar-refractivity contribution in [2.45, 2.75) is 24.4 Å². The van der Waals surface area contributed by atoms with Gasteiger partial charge in [-0.3, -0.25) is 9.36 Å². The van der Waals surface area contributed by atoms with Crippen molar-refractivity contribution in [3.63, 3.8) is 0 Å². The maximum atomic E-state index is 12.5. The molecule has 3 aromatic rings. The van der Waals surface area contributed by atoms with Gasteiger partial charge in [0.15, 0.2) is 11.0 Å². The molecule has 0 atom stereocenters. The van der Waals surface area contributed by atoms with Crippen molar-refractivity contribution < 1.29 is 14.3 Å². The minimum Gasteiger partial charge on any atom is -0.383 e. The highest BCUT2D eigenvalue weighted by Gasteiger charge is 2.16. The zero-order valence-electron chi connectivity index (χ0n) is 17.4. The average Bonchev–Trinajstić information content (AvgIpc) is 3.15. The van der Waals surface area contributed by atoms with E-state index in [-0.39, 0.29) is 5.91 Å². The van der Waals surface area contributed by atoms with E-state index in [9.17, 15) is 4.79 Å². The van der Waals surface area contributed by atoms with Crippen molar-refractivity contribution in [3.05, 3.63) is 71.0 Å². The Labute approximate surface area is 180 Å². The van der Waals surface area contributed by atoms with Crippen molar-refractivity contribution in [3.8, 4) is 5.69 Å². The lowest BCUT2D eigenvalue weighted by molar-refractivity contribution is 0.0936. The van der Waals surface area contributed by atoms with Gasteiger partial charge in [0.05, 0.1) is 6.61 Å². The summed E-state index contributed by atoms with van der Waals surface area (Å²) in [5, 5.41) is 12.3. The summed E-state index contributed by atoms with van der Waals surface area (Å²) in [7, 11) is 3.25. The Hall–Kier alpha value is -2.68. The number of nitrogens with one attached hydrogen (secondary N) is 1. The van der Waals surface area contributed by atoms with E-state index in [1.165, 1.54) is 11.8 Å². The first-order valence-electron chi connectivity index (χ1n) is 9.62. The smallest absolute Gasteiger partial charge is 0.251 e. The molecule has 0 unspecified atom stereocenters. The Morgan fingerprint density at radius 3 is 2.70 bits per heavy atom. The first-order valence-corrected chi connectivity index (χ1v) is 10.6. The highest BCUT2D eigenvalue weighted by atomic mass is 32.2. The number of nitrogens with zero attached hydrogens (tertiary/aromatic N) is 3. The Balaban J connectivity index is 1.82. The van der Waals surface area contributed by atoms with Crippen LogP contribution in [0.25, 0.3) is 5.69 Å². The summed E-state index contributed by atoms with van der Waals surface area (Å²) in [5.74, 6) is 1.21. The molecule has 1 heterocycles. The highest BCUT2D eigenvalue weighted by Crippen LogP contribution is 2.27. The number of ether oxygens (including phenoxy) is 2. The molecule has 0 radical (unpaired) electrons. The normalized spacial score (nSPS) is 10.9. The summed E-state index contributed by atoms with van der Waals surface area (Å²) in [6.07, 6.45) is 0. The number of hydrogen-bond acceptors (Lipinski definition) is 6. The molecule has 30 heavy (non-hydrogen) atoms. The van der Waals surface area contributed by atoms with Crippen LogP contribution in [0.2, 0.25) is 0 Å². The maximum Gasteiger partial charge on any atom is 0.251 e. The predicted octanol–water partition coefficient (Wildman–Crippen LogP) is 3.39. The number of hydrogen-bond donors (Lipinski definition) is 1. The lowest BCUT2D eigenvalue weighted by atomic mass is 10.1. The summed E-state index contributed by atoms with van der Waals surface area (Å²) in [6, 6.07) is 15.8. The number of carbonyl (C=O) groups is 1. The van der Waals surface area contributed by atoms with Gasteiger partial charge in [0, 0.05) is 37.8 Å². The lowest BCUT2D eigenvalue weighted by Crippen LogP contribution is -2.27. The summed E-state index contributed by atoms with van der Waals surface area (Å²) in [6.45, 7) is 3.36. The van der Waals surface area contributed by atoms with E-state index in [2.05, 4.69) is 34.6 Å². The van der Waals surface area contributed by atoms with Crippen LogP contribution < -0.4 is 5.32 Å². The van der Waals surface area contributed by atoms with Gasteiger partial charge in [-0.15, -0.1) is 10.2 Å². The Morgan fingerprint density at radius 2 is 1.93 bits per heavy atom. The largest absolute Gasteiger partial charge is 0.383 e. The van der Waals surface area contributed by atoms with Crippen LogP contribution in [0.4, 0.5) is 0 Å². The second kappa shape index (κ2) is 10.9.